The Hall–Kier alpha value is -3.14. The minimum absolute atomic E-state index is 0.0185. The number of carbonyl (C=O) groups excluding carboxylic acids is 2. The van der Waals surface area contributed by atoms with E-state index in [1.807, 2.05) is 65.6 Å². The van der Waals surface area contributed by atoms with Crippen LogP contribution in [0, 0.1) is 5.92 Å². The molecule has 4 heteroatoms. The van der Waals surface area contributed by atoms with Crippen LogP contribution in [-0.4, -0.2) is 36.3 Å². The highest BCUT2D eigenvalue weighted by molar-refractivity contribution is 6.07. The van der Waals surface area contributed by atoms with Crippen LogP contribution in [0.5, 0.6) is 0 Å². The van der Waals surface area contributed by atoms with Crippen LogP contribution in [0.2, 0.25) is 0 Å². The van der Waals surface area contributed by atoms with Gasteiger partial charge in [0, 0.05) is 31.1 Å². The third kappa shape index (κ3) is 4.79. The lowest BCUT2D eigenvalue weighted by molar-refractivity contribution is -0.126. The molecule has 0 bridgehead atoms. The second kappa shape index (κ2) is 9.78. The van der Waals surface area contributed by atoms with E-state index in [-0.39, 0.29) is 17.7 Å². The molecule has 0 aliphatic carbocycles. The lowest BCUT2D eigenvalue weighted by Crippen LogP contribution is -2.46. The van der Waals surface area contributed by atoms with Crippen LogP contribution < -0.4 is 5.32 Å². The summed E-state index contributed by atoms with van der Waals surface area (Å²) in [7, 11) is 0. The third-order valence-corrected chi connectivity index (χ3v) is 6.39. The second-order valence-electron chi connectivity index (χ2n) is 8.38. The fourth-order valence-corrected chi connectivity index (χ4v) is 4.55. The minimum atomic E-state index is -0.152. The molecule has 0 aromatic heterocycles. The Kier molecular flexibility index (Phi) is 6.66. The Balaban J connectivity index is 1.41. The number of likely N-dealkylation sites (tertiary alicyclic amines) is 1. The van der Waals surface area contributed by atoms with Gasteiger partial charge < -0.3 is 10.2 Å². The molecule has 3 aromatic carbocycles. The summed E-state index contributed by atoms with van der Waals surface area (Å²) in [5.74, 6) is 0.234. The van der Waals surface area contributed by atoms with Gasteiger partial charge in [-0.3, -0.25) is 9.59 Å². The number of rotatable bonds is 6. The van der Waals surface area contributed by atoms with E-state index in [2.05, 4.69) is 24.4 Å². The SMILES string of the molecule is CCC(CNC(=O)C1CCCN(C(=O)c2cccc3ccccc23)C1)c1ccccc1. The fourth-order valence-electron chi connectivity index (χ4n) is 4.55. The molecule has 2 unspecified atom stereocenters. The highest BCUT2D eigenvalue weighted by atomic mass is 16.2. The summed E-state index contributed by atoms with van der Waals surface area (Å²) in [4.78, 5) is 28.0. The molecule has 1 N–H and O–H groups in total. The highest BCUT2D eigenvalue weighted by Crippen LogP contribution is 2.24. The molecule has 160 valence electrons. The van der Waals surface area contributed by atoms with Crippen LogP contribution in [0.25, 0.3) is 10.8 Å². The first-order valence-electron chi connectivity index (χ1n) is 11.3. The summed E-state index contributed by atoms with van der Waals surface area (Å²) in [5.41, 5.74) is 1.97. The number of hydrogen-bond donors (Lipinski definition) is 1. The predicted molar refractivity (Wildman–Crippen MR) is 125 cm³/mol. The van der Waals surface area contributed by atoms with Gasteiger partial charge in [-0.25, -0.2) is 0 Å². The van der Waals surface area contributed by atoms with Crippen molar-refractivity contribution in [2.75, 3.05) is 19.6 Å². The van der Waals surface area contributed by atoms with Gasteiger partial charge in [-0.2, -0.15) is 0 Å². The zero-order valence-corrected chi connectivity index (χ0v) is 18.1. The van der Waals surface area contributed by atoms with Crippen molar-refractivity contribution >= 4 is 22.6 Å². The largest absolute Gasteiger partial charge is 0.355 e. The molecule has 2 atom stereocenters. The summed E-state index contributed by atoms with van der Waals surface area (Å²) >= 11 is 0. The van der Waals surface area contributed by atoms with Crippen LogP contribution in [0.3, 0.4) is 0 Å². The fraction of sp³-hybridized carbons (Fsp3) is 0.333. The minimum Gasteiger partial charge on any atom is -0.355 e. The van der Waals surface area contributed by atoms with E-state index in [9.17, 15) is 9.59 Å². The van der Waals surface area contributed by atoms with Gasteiger partial charge in [-0.1, -0.05) is 73.7 Å². The van der Waals surface area contributed by atoms with Crippen molar-refractivity contribution in [3.63, 3.8) is 0 Å². The molecular formula is C27H30N2O2. The monoisotopic (exact) mass is 414 g/mol. The lowest BCUT2D eigenvalue weighted by Gasteiger charge is -2.32. The van der Waals surface area contributed by atoms with Gasteiger partial charge >= 0.3 is 0 Å². The average molecular weight is 415 g/mol. The maximum Gasteiger partial charge on any atom is 0.254 e. The van der Waals surface area contributed by atoms with E-state index in [0.717, 1.165) is 30.0 Å². The van der Waals surface area contributed by atoms with Gasteiger partial charge in [0.15, 0.2) is 0 Å². The molecule has 0 radical (unpaired) electrons. The van der Waals surface area contributed by atoms with Crippen LogP contribution in [0.4, 0.5) is 0 Å². The first kappa shape index (κ1) is 21.1. The summed E-state index contributed by atoms with van der Waals surface area (Å²) in [5, 5.41) is 5.18. The maximum atomic E-state index is 13.3. The topological polar surface area (TPSA) is 49.4 Å². The van der Waals surface area contributed by atoms with Crippen molar-refractivity contribution < 1.29 is 9.59 Å². The summed E-state index contributed by atoms with van der Waals surface area (Å²) in [6, 6.07) is 24.1. The molecule has 0 saturated carbocycles. The molecule has 1 aliphatic rings. The quantitative estimate of drug-likeness (QED) is 0.617. The zero-order chi connectivity index (χ0) is 21.6. The molecule has 2 amide bonds. The smallest absolute Gasteiger partial charge is 0.254 e. The molecule has 1 heterocycles. The van der Waals surface area contributed by atoms with Crippen molar-refractivity contribution in [3.05, 3.63) is 83.9 Å². The molecule has 1 saturated heterocycles. The average Bonchev–Trinajstić information content (AvgIpc) is 2.84. The van der Waals surface area contributed by atoms with E-state index >= 15 is 0 Å². The van der Waals surface area contributed by atoms with Crippen molar-refractivity contribution in [2.24, 2.45) is 5.92 Å². The van der Waals surface area contributed by atoms with Crippen LogP contribution in [-0.2, 0) is 4.79 Å². The number of nitrogens with zero attached hydrogens (tertiary/aromatic N) is 1. The van der Waals surface area contributed by atoms with Crippen LogP contribution in [0.1, 0.15) is 48.0 Å². The maximum absolute atomic E-state index is 13.3. The Morgan fingerprint density at radius 1 is 1.00 bits per heavy atom. The van der Waals surface area contributed by atoms with E-state index in [1.54, 1.807) is 0 Å². The Morgan fingerprint density at radius 3 is 2.55 bits per heavy atom. The number of fused-ring (bicyclic) bond motifs is 1. The van der Waals surface area contributed by atoms with E-state index in [0.29, 0.717) is 31.1 Å². The van der Waals surface area contributed by atoms with Gasteiger partial charge in [0.05, 0.1) is 5.92 Å². The van der Waals surface area contributed by atoms with Crippen molar-refractivity contribution in [1.82, 2.24) is 10.2 Å². The van der Waals surface area contributed by atoms with Gasteiger partial charge in [-0.15, -0.1) is 0 Å². The second-order valence-corrected chi connectivity index (χ2v) is 8.38. The molecule has 0 spiro atoms. The number of amides is 2. The van der Waals surface area contributed by atoms with E-state index < -0.39 is 0 Å². The van der Waals surface area contributed by atoms with Crippen LogP contribution in [0.15, 0.2) is 72.8 Å². The zero-order valence-electron chi connectivity index (χ0n) is 18.1. The van der Waals surface area contributed by atoms with Gasteiger partial charge in [0.2, 0.25) is 5.91 Å². The Labute approximate surface area is 184 Å². The van der Waals surface area contributed by atoms with Crippen molar-refractivity contribution in [3.8, 4) is 0 Å². The molecule has 1 fully saturated rings. The lowest BCUT2D eigenvalue weighted by atomic mass is 9.94. The molecule has 31 heavy (non-hydrogen) atoms. The van der Waals surface area contributed by atoms with Crippen molar-refractivity contribution in [2.45, 2.75) is 32.1 Å². The standard InChI is InChI=1S/C27H30N2O2/c1-2-20(21-10-4-3-5-11-21)18-28-26(30)23-14-9-17-29(19-23)27(31)25-16-8-13-22-12-6-7-15-24(22)25/h3-8,10-13,15-16,20,23H,2,9,14,17-19H2,1H3,(H,28,30). The molecular weight excluding hydrogens is 384 g/mol. The van der Waals surface area contributed by atoms with E-state index in [4.69, 9.17) is 0 Å². The number of piperidine rings is 1. The summed E-state index contributed by atoms with van der Waals surface area (Å²) in [6.07, 6.45) is 2.65. The summed E-state index contributed by atoms with van der Waals surface area (Å²) in [6.45, 7) is 3.96. The molecule has 1 aliphatic heterocycles. The Bertz CT molecular complexity index is 1040. The number of nitrogens with one attached hydrogen (secondary N) is 1. The number of carbonyl (C=O) groups is 2. The van der Waals surface area contributed by atoms with Crippen LogP contribution >= 0.6 is 0 Å². The third-order valence-electron chi connectivity index (χ3n) is 6.39. The van der Waals surface area contributed by atoms with E-state index in [1.165, 1.54) is 5.56 Å². The first-order chi connectivity index (χ1) is 15.2. The molecule has 3 aromatic rings. The molecule has 4 nitrogen and oxygen atoms in total. The molecule has 4 rings (SSSR count). The normalized spacial score (nSPS) is 17.3. The number of benzene rings is 3. The highest BCUT2D eigenvalue weighted by Gasteiger charge is 2.29. The van der Waals surface area contributed by atoms with Gasteiger partial charge in [-0.05, 0) is 41.7 Å². The van der Waals surface area contributed by atoms with Crippen molar-refractivity contribution in [1.29, 1.82) is 0 Å². The predicted octanol–water partition coefficient (Wildman–Crippen LogP) is 5.00. The summed E-state index contributed by atoms with van der Waals surface area (Å²) < 4.78 is 0. The first-order valence-corrected chi connectivity index (χ1v) is 11.3. The number of hydrogen-bond acceptors (Lipinski definition) is 2. The Morgan fingerprint density at radius 2 is 1.74 bits per heavy atom. The van der Waals surface area contributed by atoms with Gasteiger partial charge in [0.1, 0.15) is 0 Å². The van der Waals surface area contributed by atoms with Gasteiger partial charge in [0.25, 0.3) is 5.91 Å².